The van der Waals surface area contributed by atoms with E-state index in [1.165, 1.54) is 0 Å². The molecule has 43 heavy (non-hydrogen) atoms. The lowest BCUT2D eigenvalue weighted by atomic mass is 9.84. The van der Waals surface area contributed by atoms with Crippen molar-refractivity contribution < 1.29 is 28.7 Å². The van der Waals surface area contributed by atoms with Crippen LogP contribution in [0.15, 0.2) is 0 Å². The van der Waals surface area contributed by atoms with Crippen molar-refractivity contribution >= 4 is 29.6 Å². The van der Waals surface area contributed by atoms with Gasteiger partial charge in [0.2, 0.25) is 11.8 Å². The molecule has 4 amide bonds. The van der Waals surface area contributed by atoms with Crippen LogP contribution in [0.5, 0.6) is 0 Å². The zero-order chi connectivity index (χ0) is 32.8. The highest BCUT2D eigenvalue weighted by Crippen LogP contribution is 2.20. The molecule has 0 aromatic carbocycles. The Bertz CT molecular complexity index is 919. The summed E-state index contributed by atoms with van der Waals surface area (Å²) >= 11 is 0. The number of hydrogen-bond acceptors (Lipinski definition) is 8. The lowest BCUT2D eigenvalue weighted by molar-refractivity contribution is -0.145. The van der Waals surface area contributed by atoms with Crippen LogP contribution in [0.25, 0.3) is 0 Å². The highest BCUT2D eigenvalue weighted by molar-refractivity contribution is 5.95. The van der Waals surface area contributed by atoms with Crippen LogP contribution in [0.3, 0.4) is 0 Å². The second-order valence-electron chi connectivity index (χ2n) is 14.1. The number of amides is 4. The molecule has 1 aliphatic heterocycles. The summed E-state index contributed by atoms with van der Waals surface area (Å²) in [6.45, 7) is 21.9. The van der Waals surface area contributed by atoms with Crippen LogP contribution >= 0.6 is 0 Å². The fraction of sp³-hybridized carbons (Fsp3) is 0.839. The highest BCUT2D eigenvalue weighted by atomic mass is 16.5. The van der Waals surface area contributed by atoms with Crippen molar-refractivity contribution in [2.24, 2.45) is 22.5 Å². The summed E-state index contributed by atoms with van der Waals surface area (Å²) in [4.78, 5) is 66.8. The maximum absolute atomic E-state index is 13.2. The predicted molar refractivity (Wildman–Crippen MR) is 167 cm³/mol. The van der Waals surface area contributed by atoms with Gasteiger partial charge in [-0.25, -0.2) is 4.79 Å². The first-order chi connectivity index (χ1) is 19.9. The molecular formula is C31H58N6O6. The van der Waals surface area contributed by atoms with Gasteiger partial charge in [-0.15, -0.1) is 0 Å². The Hall–Kier alpha value is -2.73. The molecule has 0 aromatic rings. The predicted octanol–water partition coefficient (Wildman–Crippen LogP) is 2.05. The zero-order valence-corrected chi connectivity index (χ0v) is 27.8. The molecule has 0 bridgehead atoms. The number of ketones is 1. The van der Waals surface area contributed by atoms with Gasteiger partial charge in [0.25, 0.3) is 0 Å². The standard InChI is InChI=1S/C31H58N6O6/c1-22(2)26(28(41)34-23(27(40)31(6,7)8)10-9-14-33-29(32)42)35-24(38)11-12-25(39)43-21-20-37-18-16-36(17-19-37)15-13-30(3,4)5/h22-23,26H,9-21H2,1-8H3,(H,34,41)(H,35,38)(H3,32,33,42)/t23-,26-/m0/s1. The van der Waals surface area contributed by atoms with Crippen LogP contribution in [0.1, 0.15) is 87.5 Å². The number of nitrogens with zero attached hydrogens (tertiary/aromatic N) is 2. The highest BCUT2D eigenvalue weighted by Gasteiger charge is 2.33. The molecule has 1 rings (SSSR count). The SMILES string of the molecule is CC(C)[C@H](NC(=O)CCC(=O)OCCN1CCN(CCC(C)(C)C)CC1)C(=O)N[C@@H](CCCNC(N)=O)C(=O)C(C)(C)C. The number of carbonyl (C=O) groups excluding carboxylic acids is 5. The molecule has 0 spiro atoms. The van der Waals surface area contributed by atoms with Gasteiger partial charge in [-0.05, 0) is 37.1 Å². The average Bonchev–Trinajstić information content (AvgIpc) is 2.90. The summed E-state index contributed by atoms with van der Waals surface area (Å²) in [5.41, 5.74) is 4.72. The number of ether oxygens (including phenoxy) is 1. The second kappa shape index (κ2) is 18.2. The van der Waals surface area contributed by atoms with Crippen molar-refractivity contribution in [1.82, 2.24) is 25.8 Å². The minimum absolute atomic E-state index is 0.0865. The minimum atomic E-state index is -0.885. The summed E-state index contributed by atoms with van der Waals surface area (Å²) in [6, 6.07) is -2.33. The van der Waals surface area contributed by atoms with Crippen LogP contribution in [-0.4, -0.2) is 104 Å². The fourth-order valence-electron chi connectivity index (χ4n) is 4.66. The Kier molecular flexibility index (Phi) is 16.2. The van der Waals surface area contributed by atoms with E-state index >= 15 is 0 Å². The van der Waals surface area contributed by atoms with Gasteiger partial charge in [0.05, 0.1) is 12.5 Å². The van der Waals surface area contributed by atoms with Gasteiger partial charge >= 0.3 is 12.0 Å². The van der Waals surface area contributed by atoms with E-state index in [9.17, 15) is 24.0 Å². The normalized spacial score (nSPS) is 16.3. The Balaban J connectivity index is 2.49. The van der Waals surface area contributed by atoms with Gasteiger partial charge < -0.3 is 31.3 Å². The molecular weight excluding hydrogens is 552 g/mol. The van der Waals surface area contributed by atoms with Crippen molar-refractivity contribution in [2.45, 2.75) is 99.6 Å². The van der Waals surface area contributed by atoms with Crippen LogP contribution in [-0.2, 0) is 23.9 Å². The number of hydrogen-bond donors (Lipinski definition) is 4. The second-order valence-corrected chi connectivity index (χ2v) is 14.1. The Morgan fingerprint density at radius 3 is 1.95 bits per heavy atom. The lowest BCUT2D eigenvalue weighted by Crippen LogP contribution is -2.55. The number of piperazine rings is 1. The molecule has 248 valence electrons. The number of nitrogens with two attached hydrogens (primary N) is 1. The smallest absolute Gasteiger partial charge is 0.312 e. The van der Waals surface area contributed by atoms with Gasteiger partial charge in [-0.3, -0.25) is 24.1 Å². The van der Waals surface area contributed by atoms with E-state index in [2.05, 4.69) is 46.5 Å². The van der Waals surface area contributed by atoms with Crippen molar-refractivity contribution in [1.29, 1.82) is 0 Å². The third-order valence-corrected chi connectivity index (χ3v) is 7.48. The Morgan fingerprint density at radius 2 is 1.44 bits per heavy atom. The molecule has 0 saturated carbocycles. The van der Waals surface area contributed by atoms with Gasteiger partial charge in [0, 0.05) is 51.1 Å². The number of rotatable bonds is 17. The van der Waals surface area contributed by atoms with Gasteiger partial charge in [-0.2, -0.15) is 0 Å². The van der Waals surface area contributed by atoms with E-state index in [4.69, 9.17) is 10.5 Å². The average molecular weight is 611 g/mol. The summed E-state index contributed by atoms with van der Waals surface area (Å²) < 4.78 is 5.36. The quantitative estimate of drug-likeness (QED) is 0.144. The number of Topliss-reactive ketones (excluding diaryl/α,β-unsaturated/α-hetero) is 1. The molecule has 0 unspecified atom stereocenters. The molecule has 2 atom stereocenters. The minimum Gasteiger partial charge on any atom is -0.464 e. The fourth-order valence-corrected chi connectivity index (χ4v) is 4.66. The molecule has 1 saturated heterocycles. The third kappa shape index (κ3) is 16.6. The van der Waals surface area contributed by atoms with Gasteiger partial charge in [0.1, 0.15) is 12.6 Å². The van der Waals surface area contributed by atoms with Crippen molar-refractivity contribution in [2.75, 3.05) is 52.4 Å². The molecule has 5 N–H and O–H groups in total. The molecule has 1 fully saturated rings. The number of primary amides is 1. The summed E-state index contributed by atoms with van der Waals surface area (Å²) in [5.74, 6) is -1.79. The van der Waals surface area contributed by atoms with E-state index in [-0.39, 0.29) is 37.7 Å². The Labute approximate surface area is 258 Å². The maximum Gasteiger partial charge on any atom is 0.312 e. The monoisotopic (exact) mass is 610 g/mol. The maximum atomic E-state index is 13.2. The summed E-state index contributed by atoms with van der Waals surface area (Å²) in [7, 11) is 0. The molecule has 12 nitrogen and oxygen atoms in total. The topological polar surface area (TPSA) is 163 Å². The first-order valence-corrected chi connectivity index (χ1v) is 15.7. The molecule has 0 aromatic heterocycles. The first-order valence-electron chi connectivity index (χ1n) is 15.7. The Morgan fingerprint density at radius 1 is 0.860 bits per heavy atom. The molecule has 1 heterocycles. The first kappa shape index (κ1) is 38.3. The molecule has 0 radical (unpaired) electrons. The number of nitrogens with one attached hydrogen (secondary N) is 3. The van der Waals surface area contributed by atoms with Crippen LogP contribution in [0.4, 0.5) is 4.79 Å². The molecule has 12 heteroatoms. The van der Waals surface area contributed by atoms with Crippen LogP contribution < -0.4 is 21.7 Å². The van der Waals surface area contributed by atoms with Crippen molar-refractivity contribution in [3.8, 4) is 0 Å². The number of esters is 1. The van der Waals surface area contributed by atoms with Crippen molar-refractivity contribution in [3.05, 3.63) is 0 Å². The van der Waals surface area contributed by atoms with E-state index in [0.717, 1.165) is 39.1 Å². The summed E-state index contributed by atoms with van der Waals surface area (Å²) in [5, 5.41) is 7.98. The lowest BCUT2D eigenvalue weighted by Gasteiger charge is -2.35. The van der Waals surface area contributed by atoms with E-state index in [0.29, 0.717) is 24.8 Å². The van der Waals surface area contributed by atoms with Gasteiger partial charge in [-0.1, -0.05) is 55.4 Å². The molecule has 1 aliphatic rings. The van der Waals surface area contributed by atoms with Crippen LogP contribution in [0, 0.1) is 16.7 Å². The zero-order valence-electron chi connectivity index (χ0n) is 27.8. The van der Waals surface area contributed by atoms with Crippen LogP contribution in [0.2, 0.25) is 0 Å². The number of urea groups is 1. The van der Waals surface area contributed by atoms with Gasteiger partial charge in [0.15, 0.2) is 5.78 Å². The van der Waals surface area contributed by atoms with E-state index in [1.807, 2.05) is 0 Å². The summed E-state index contributed by atoms with van der Waals surface area (Å²) in [6.07, 6.45) is 1.71. The van der Waals surface area contributed by atoms with E-state index in [1.54, 1.807) is 34.6 Å². The third-order valence-electron chi connectivity index (χ3n) is 7.48. The van der Waals surface area contributed by atoms with E-state index < -0.39 is 41.3 Å². The molecule has 0 aliphatic carbocycles. The number of carbonyl (C=O) groups is 5. The van der Waals surface area contributed by atoms with Crippen molar-refractivity contribution in [3.63, 3.8) is 0 Å². The largest absolute Gasteiger partial charge is 0.464 e.